The van der Waals surface area contributed by atoms with Crippen LogP contribution in [0.4, 0.5) is 5.13 Å². The maximum absolute atomic E-state index is 13.6. The number of aromatic nitrogens is 1. The van der Waals surface area contributed by atoms with Gasteiger partial charge in [0, 0.05) is 10.6 Å². The minimum atomic E-state index is -0.902. The first kappa shape index (κ1) is 27.7. The number of aliphatic hydroxyl groups is 1. The minimum absolute atomic E-state index is 0.0183. The van der Waals surface area contributed by atoms with Crippen molar-refractivity contribution >= 4 is 55.7 Å². The van der Waals surface area contributed by atoms with E-state index in [1.165, 1.54) is 16.2 Å². The number of benzene rings is 3. The number of carbonyl (C=O) groups excluding carboxylic acids is 2. The predicted molar refractivity (Wildman–Crippen MR) is 158 cm³/mol. The molecular weight excluding hydrogens is 548 g/mol. The summed E-state index contributed by atoms with van der Waals surface area (Å²) >= 11 is 7.44. The van der Waals surface area contributed by atoms with Crippen molar-refractivity contribution in [2.75, 3.05) is 18.1 Å². The van der Waals surface area contributed by atoms with Crippen molar-refractivity contribution < 1.29 is 24.2 Å². The van der Waals surface area contributed by atoms with Gasteiger partial charge in [0.1, 0.15) is 17.3 Å². The number of Topliss-reactive ketones (excluding diaryl/α,β-unsaturated/α-hetero) is 1. The fourth-order valence-electron chi connectivity index (χ4n) is 4.52. The highest BCUT2D eigenvalue weighted by atomic mass is 35.5. The number of hydrogen-bond acceptors (Lipinski definition) is 7. The number of fused-ring (bicyclic) bond motifs is 1. The third kappa shape index (κ3) is 5.55. The zero-order valence-electron chi connectivity index (χ0n) is 22.2. The van der Waals surface area contributed by atoms with Crippen molar-refractivity contribution in [2.45, 2.75) is 39.2 Å². The monoisotopic (exact) mass is 576 g/mol. The summed E-state index contributed by atoms with van der Waals surface area (Å²) in [4.78, 5) is 33.1. The first-order valence-electron chi connectivity index (χ1n) is 13.2. The van der Waals surface area contributed by atoms with Gasteiger partial charge in [-0.1, -0.05) is 67.5 Å². The molecule has 5 rings (SSSR count). The van der Waals surface area contributed by atoms with Crippen LogP contribution in [0, 0.1) is 0 Å². The molecule has 9 heteroatoms. The highest BCUT2D eigenvalue weighted by Crippen LogP contribution is 2.45. The summed E-state index contributed by atoms with van der Waals surface area (Å²) < 4.78 is 12.3. The summed E-state index contributed by atoms with van der Waals surface area (Å²) in [5.74, 6) is -0.582. The highest BCUT2D eigenvalue weighted by Gasteiger charge is 2.48. The first-order valence-corrected chi connectivity index (χ1v) is 14.4. The Balaban J connectivity index is 1.62. The maximum atomic E-state index is 13.6. The van der Waals surface area contributed by atoms with Crippen LogP contribution >= 0.6 is 22.9 Å². The number of ketones is 1. The summed E-state index contributed by atoms with van der Waals surface area (Å²) in [6.07, 6.45) is 2.75. The van der Waals surface area contributed by atoms with Crippen molar-refractivity contribution in [1.82, 2.24) is 4.98 Å². The Morgan fingerprint density at radius 1 is 0.975 bits per heavy atom. The van der Waals surface area contributed by atoms with Crippen LogP contribution in [0.25, 0.3) is 16.0 Å². The Kier molecular flexibility index (Phi) is 8.38. The summed E-state index contributed by atoms with van der Waals surface area (Å²) in [5.41, 5.74) is 1.66. The summed E-state index contributed by atoms with van der Waals surface area (Å²) in [7, 11) is 0. The average molecular weight is 577 g/mol. The standard InChI is InChI=1S/C31H29ClN2O5S/c1-3-5-16-39-23-8-6-7-20(17-23)28(35)26-27(19-9-12-22(13-10-19)38-15-4-2)34(30(37)29(26)36)31-33-24-14-11-21(32)18-25(24)40-31/h6-14,17-18,27,35H,3-5,15-16H2,1-2H3. The van der Waals surface area contributed by atoms with Gasteiger partial charge in [0.05, 0.1) is 35.0 Å². The van der Waals surface area contributed by atoms with Crippen molar-refractivity contribution in [3.8, 4) is 11.5 Å². The molecule has 1 amide bonds. The molecule has 1 aliphatic rings. The van der Waals surface area contributed by atoms with Gasteiger partial charge in [-0.25, -0.2) is 4.98 Å². The molecule has 1 unspecified atom stereocenters. The fourth-order valence-corrected chi connectivity index (χ4v) is 5.79. The zero-order chi connectivity index (χ0) is 28.2. The van der Waals surface area contributed by atoms with Crippen LogP contribution in [-0.2, 0) is 9.59 Å². The van der Waals surface area contributed by atoms with Gasteiger partial charge in [0.15, 0.2) is 5.13 Å². The number of hydrogen-bond donors (Lipinski definition) is 1. The molecule has 1 atom stereocenters. The van der Waals surface area contributed by atoms with Crippen LogP contribution in [0.3, 0.4) is 0 Å². The third-order valence-corrected chi connectivity index (χ3v) is 7.79. The normalized spacial score (nSPS) is 16.6. The molecule has 1 aliphatic heterocycles. The number of carbonyl (C=O) groups is 2. The minimum Gasteiger partial charge on any atom is -0.507 e. The Morgan fingerprint density at radius 3 is 2.50 bits per heavy atom. The molecule has 2 heterocycles. The van der Waals surface area contributed by atoms with Crippen LogP contribution < -0.4 is 14.4 Å². The van der Waals surface area contributed by atoms with Gasteiger partial charge < -0.3 is 14.6 Å². The molecule has 0 bridgehead atoms. The quantitative estimate of drug-likeness (QED) is 0.0907. The van der Waals surface area contributed by atoms with E-state index in [2.05, 4.69) is 11.9 Å². The number of unbranched alkanes of at least 4 members (excludes halogenated alkanes) is 1. The SMILES string of the molecule is CCCCOc1cccc(C(O)=C2C(=O)C(=O)N(c3nc4ccc(Cl)cc4s3)C2c2ccc(OCCC)cc2)c1. The van der Waals surface area contributed by atoms with E-state index in [4.69, 9.17) is 21.1 Å². The fraction of sp³-hybridized carbons (Fsp3) is 0.258. The van der Waals surface area contributed by atoms with Crippen molar-refractivity contribution in [2.24, 2.45) is 0 Å². The molecule has 1 N–H and O–H groups in total. The maximum Gasteiger partial charge on any atom is 0.301 e. The van der Waals surface area contributed by atoms with Crippen molar-refractivity contribution in [1.29, 1.82) is 0 Å². The molecule has 1 aromatic heterocycles. The van der Waals surface area contributed by atoms with Crippen LogP contribution in [-0.4, -0.2) is 35.0 Å². The van der Waals surface area contributed by atoms with E-state index in [0.717, 1.165) is 24.0 Å². The lowest BCUT2D eigenvalue weighted by molar-refractivity contribution is -0.132. The number of aliphatic hydroxyl groups excluding tert-OH is 1. The number of anilines is 1. The second kappa shape index (κ2) is 12.1. The van der Waals surface area contributed by atoms with Gasteiger partial charge in [-0.15, -0.1) is 0 Å². The number of rotatable bonds is 10. The molecule has 206 valence electrons. The van der Waals surface area contributed by atoms with Gasteiger partial charge in [-0.05, 0) is 60.9 Å². The Bertz CT molecular complexity index is 1580. The molecule has 1 saturated heterocycles. The molecule has 4 aromatic rings. The van der Waals surface area contributed by atoms with Gasteiger partial charge in [0.25, 0.3) is 5.78 Å². The van der Waals surface area contributed by atoms with Crippen LogP contribution in [0.1, 0.15) is 50.3 Å². The number of thiazole rings is 1. The van der Waals surface area contributed by atoms with Gasteiger partial charge in [-0.2, -0.15) is 0 Å². The zero-order valence-corrected chi connectivity index (χ0v) is 23.8. The molecular formula is C31H29ClN2O5S. The molecule has 7 nitrogen and oxygen atoms in total. The third-order valence-electron chi connectivity index (χ3n) is 6.53. The van der Waals surface area contributed by atoms with Crippen molar-refractivity contribution in [3.05, 3.63) is 88.5 Å². The van der Waals surface area contributed by atoms with E-state index in [9.17, 15) is 14.7 Å². The Morgan fingerprint density at radius 2 is 1.75 bits per heavy atom. The van der Waals surface area contributed by atoms with E-state index < -0.39 is 17.7 Å². The van der Waals surface area contributed by atoms with Gasteiger partial charge in [-0.3, -0.25) is 14.5 Å². The Labute approximate surface area is 241 Å². The highest BCUT2D eigenvalue weighted by molar-refractivity contribution is 7.22. The molecule has 40 heavy (non-hydrogen) atoms. The lowest BCUT2D eigenvalue weighted by Gasteiger charge is -2.23. The number of ether oxygens (including phenoxy) is 2. The largest absolute Gasteiger partial charge is 0.507 e. The second-order valence-corrected chi connectivity index (χ2v) is 10.9. The Hall–Kier alpha value is -3.88. The molecule has 1 fully saturated rings. The van der Waals surface area contributed by atoms with E-state index in [1.807, 2.05) is 6.92 Å². The predicted octanol–water partition coefficient (Wildman–Crippen LogP) is 7.54. The van der Waals surface area contributed by atoms with Gasteiger partial charge in [0.2, 0.25) is 0 Å². The molecule has 3 aromatic carbocycles. The van der Waals surface area contributed by atoms with Crippen molar-refractivity contribution in [3.63, 3.8) is 0 Å². The van der Waals surface area contributed by atoms with Crippen LogP contribution in [0.2, 0.25) is 5.02 Å². The molecule has 0 saturated carbocycles. The first-order chi connectivity index (χ1) is 19.4. The summed E-state index contributed by atoms with van der Waals surface area (Å²) in [6, 6.07) is 18.5. The lowest BCUT2D eigenvalue weighted by Crippen LogP contribution is -2.29. The second-order valence-electron chi connectivity index (χ2n) is 9.42. The summed E-state index contributed by atoms with van der Waals surface area (Å²) in [6.45, 7) is 5.21. The van der Waals surface area contributed by atoms with E-state index in [1.54, 1.807) is 66.7 Å². The summed E-state index contributed by atoms with van der Waals surface area (Å²) in [5, 5.41) is 12.4. The molecule has 0 spiro atoms. The number of nitrogens with zero attached hydrogens (tertiary/aromatic N) is 2. The van der Waals surface area contributed by atoms with E-state index in [-0.39, 0.29) is 11.3 Å². The van der Waals surface area contributed by atoms with Gasteiger partial charge >= 0.3 is 5.91 Å². The van der Waals surface area contributed by atoms with Crippen LogP contribution in [0.5, 0.6) is 11.5 Å². The lowest BCUT2D eigenvalue weighted by atomic mass is 9.95. The number of halogens is 1. The topological polar surface area (TPSA) is 89.0 Å². The molecule has 0 aliphatic carbocycles. The molecule has 0 radical (unpaired) electrons. The smallest absolute Gasteiger partial charge is 0.301 e. The number of amides is 1. The van der Waals surface area contributed by atoms with Crippen LogP contribution in [0.15, 0.2) is 72.3 Å². The average Bonchev–Trinajstić information content (AvgIpc) is 3.49. The van der Waals surface area contributed by atoms with E-state index in [0.29, 0.717) is 51.5 Å². The van der Waals surface area contributed by atoms with E-state index >= 15 is 0 Å².